The summed E-state index contributed by atoms with van der Waals surface area (Å²) in [4.78, 5) is 27.1. The predicted molar refractivity (Wildman–Crippen MR) is 101 cm³/mol. The molecule has 7 nitrogen and oxygen atoms in total. The van der Waals surface area contributed by atoms with Gasteiger partial charge in [0.2, 0.25) is 0 Å². The molecule has 2 N–H and O–H groups in total. The van der Waals surface area contributed by atoms with Crippen molar-refractivity contribution in [3.8, 4) is 10.7 Å². The summed E-state index contributed by atoms with van der Waals surface area (Å²) in [6.45, 7) is 5.95. The summed E-state index contributed by atoms with van der Waals surface area (Å²) in [5, 5.41) is 15.8. The van der Waals surface area contributed by atoms with Gasteiger partial charge in [-0.15, -0.1) is 11.3 Å². The molecule has 3 heterocycles. The first-order chi connectivity index (χ1) is 12.4. The first-order valence-electron chi connectivity index (χ1n) is 8.85. The van der Waals surface area contributed by atoms with Gasteiger partial charge in [0, 0.05) is 43.8 Å². The Hall–Kier alpha value is -2.06. The average molecular weight is 375 g/mol. The number of aromatic nitrogens is 3. The fourth-order valence-corrected chi connectivity index (χ4v) is 4.05. The van der Waals surface area contributed by atoms with Crippen molar-refractivity contribution in [3.05, 3.63) is 29.7 Å². The maximum atomic E-state index is 12.5. The molecular formula is C18H25N5O2S. The lowest BCUT2D eigenvalue weighted by molar-refractivity contribution is 0.121. The van der Waals surface area contributed by atoms with E-state index >= 15 is 0 Å². The van der Waals surface area contributed by atoms with Gasteiger partial charge in [-0.25, -0.2) is 9.78 Å². The number of aliphatic hydroxyl groups is 1. The molecule has 1 atom stereocenters. The van der Waals surface area contributed by atoms with Gasteiger partial charge in [-0.05, 0) is 18.3 Å². The standard InChI is InChI=1S/C18H25N5O2S/c1-18(2)9-14(24)4-8-23(12-18)17(25)21-5-3-13-11-26-16(22-13)15-10-19-6-7-20-15/h6-7,10-11,14,24H,3-5,8-9,12H2,1-2H3,(H,21,25). The van der Waals surface area contributed by atoms with Crippen LogP contribution < -0.4 is 5.32 Å². The van der Waals surface area contributed by atoms with Crippen LogP contribution in [0.1, 0.15) is 32.4 Å². The summed E-state index contributed by atoms with van der Waals surface area (Å²) in [6, 6.07) is -0.0726. The lowest BCUT2D eigenvalue weighted by Crippen LogP contribution is -2.44. The molecule has 0 aliphatic carbocycles. The molecule has 0 saturated carbocycles. The van der Waals surface area contributed by atoms with Crippen molar-refractivity contribution in [1.82, 2.24) is 25.2 Å². The third-order valence-corrected chi connectivity index (χ3v) is 5.33. The van der Waals surface area contributed by atoms with Gasteiger partial charge in [0.1, 0.15) is 10.7 Å². The molecule has 8 heteroatoms. The highest BCUT2D eigenvalue weighted by Gasteiger charge is 2.31. The Kier molecular flexibility index (Phi) is 5.83. The van der Waals surface area contributed by atoms with Crippen LogP contribution in [0.4, 0.5) is 4.79 Å². The van der Waals surface area contributed by atoms with Crippen molar-refractivity contribution in [2.45, 2.75) is 39.2 Å². The van der Waals surface area contributed by atoms with E-state index in [2.05, 4.69) is 34.1 Å². The summed E-state index contributed by atoms with van der Waals surface area (Å²) in [6.07, 6.45) is 6.66. The van der Waals surface area contributed by atoms with E-state index in [1.165, 1.54) is 11.3 Å². The molecule has 0 bridgehead atoms. The molecule has 2 amide bonds. The molecule has 0 aromatic carbocycles. The number of urea groups is 1. The van der Waals surface area contributed by atoms with Crippen LogP contribution in [0.15, 0.2) is 24.0 Å². The van der Waals surface area contributed by atoms with Gasteiger partial charge in [0.25, 0.3) is 0 Å². The largest absolute Gasteiger partial charge is 0.393 e. The second kappa shape index (κ2) is 8.09. The van der Waals surface area contributed by atoms with Crippen molar-refractivity contribution in [1.29, 1.82) is 0 Å². The molecule has 1 saturated heterocycles. The van der Waals surface area contributed by atoms with E-state index in [0.717, 1.165) is 22.8 Å². The van der Waals surface area contributed by atoms with Gasteiger partial charge in [0.05, 0.1) is 18.0 Å². The van der Waals surface area contributed by atoms with Crippen molar-refractivity contribution in [2.75, 3.05) is 19.6 Å². The van der Waals surface area contributed by atoms with Gasteiger partial charge < -0.3 is 15.3 Å². The number of amides is 2. The quantitative estimate of drug-likeness (QED) is 0.856. The summed E-state index contributed by atoms with van der Waals surface area (Å²) in [5.74, 6) is 0. The highest BCUT2D eigenvalue weighted by Crippen LogP contribution is 2.28. The number of carbonyl (C=O) groups excluding carboxylic acids is 1. The maximum absolute atomic E-state index is 12.5. The summed E-state index contributed by atoms with van der Waals surface area (Å²) >= 11 is 1.53. The normalized spacial score (nSPS) is 19.8. The molecule has 1 unspecified atom stereocenters. The van der Waals surface area contributed by atoms with E-state index < -0.39 is 0 Å². The molecule has 0 spiro atoms. The second-order valence-electron chi connectivity index (χ2n) is 7.45. The number of aliphatic hydroxyl groups excluding tert-OH is 1. The van der Waals surface area contributed by atoms with Crippen LogP contribution in [0.2, 0.25) is 0 Å². The Morgan fingerprint density at radius 2 is 2.31 bits per heavy atom. The molecule has 1 aliphatic rings. The summed E-state index contributed by atoms with van der Waals surface area (Å²) in [7, 11) is 0. The number of carbonyl (C=O) groups is 1. The Morgan fingerprint density at radius 1 is 1.46 bits per heavy atom. The minimum atomic E-state index is -0.336. The SMILES string of the molecule is CC1(C)CC(O)CCN(C(=O)NCCc2csc(-c3cnccn3)n2)C1. The van der Waals surface area contributed by atoms with Crippen LogP contribution >= 0.6 is 11.3 Å². The van der Waals surface area contributed by atoms with Gasteiger partial charge in [-0.1, -0.05) is 13.8 Å². The van der Waals surface area contributed by atoms with Crippen molar-refractivity contribution < 1.29 is 9.90 Å². The van der Waals surface area contributed by atoms with Crippen LogP contribution in [0.5, 0.6) is 0 Å². The van der Waals surface area contributed by atoms with Crippen LogP contribution in [-0.4, -0.2) is 56.7 Å². The molecule has 2 aromatic rings. The number of nitrogens with one attached hydrogen (secondary N) is 1. The lowest BCUT2D eigenvalue weighted by Gasteiger charge is -2.29. The molecule has 1 fully saturated rings. The zero-order chi connectivity index (χ0) is 18.6. The van der Waals surface area contributed by atoms with Crippen molar-refractivity contribution in [2.24, 2.45) is 5.41 Å². The number of hydrogen-bond donors (Lipinski definition) is 2. The summed E-state index contributed by atoms with van der Waals surface area (Å²) in [5.41, 5.74) is 1.62. The fourth-order valence-electron chi connectivity index (χ4n) is 3.24. The maximum Gasteiger partial charge on any atom is 0.317 e. The zero-order valence-corrected chi connectivity index (χ0v) is 16.0. The van der Waals surface area contributed by atoms with Crippen LogP contribution in [0.3, 0.4) is 0 Å². The molecule has 2 aromatic heterocycles. The van der Waals surface area contributed by atoms with Crippen LogP contribution in [-0.2, 0) is 6.42 Å². The minimum absolute atomic E-state index is 0.0726. The molecule has 140 valence electrons. The summed E-state index contributed by atoms with van der Waals surface area (Å²) < 4.78 is 0. The van der Waals surface area contributed by atoms with Crippen LogP contribution in [0.25, 0.3) is 10.7 Å². The Bertz CT molecular complexity index is 734. The second-order valence-corrected chi connectivity index (χ2v) is 8.31. The fraction of sp³-hybridized carbons (Fsp3) is 0.556. The van der Waals surface area contributed by atoms with E-state index in [4.69, 9.17) is 0 Å². The smallest absolute Gasteiger partial charge is 0.317 e. The number of nitrogens with zero attached hydrogens (tertiary/aromatic N) is 4. The zero-order valence-electron chi connectivity index (χ0n) is 15.2. The number of hydrogen-bond acceptors (Lipinski definition) is 6. The third kappa shape index (κ3) is 4.98. The Balaban J connectivity index is 1.50. The number of rotatable bonds is 4. The van der Waals surface area contributed by atoms with Gasteiger partial charge >= 0.3 is 6.03 Å². The van der Waals surface area contributed by atoms with Crippen LogP contribution in [0, 0.1) is 5.41 Å². The van der Waals surface area contributed by atoms with E-state index in [0.29, 0.717) is 32.5 Å². The lowest BCUT2D eigenvalue weighted by atomic mass is 9.87. The predicted octanol–water partition coefficient (Wildman–Crippen LogP) is 2.34. The van der Waals surface area contributed by atoms with Crippen molar-refractivity contribution >= 4 is 17.4 Å². The molecule has 1 aliphatic heterocycles. The van der Waals surface area contributed by atoms with E-state index in [-0.39, 0.29) is 17.6 Å². The van der Waals surface area contributed by atoms with Gasteiger partial charge in [-0.2, -0.15) is 0 Å². The average Bonchev–Trinajstić information content (AvgIpc) is 3.02. The van der Waals surface area contributed by atoms with Gasteiger partial charge in [0.15, 0.2) is 0 Å². The Labute approximate surface area is 157 Å². The monoisotopic (exact) mass is 375 g/mol. The topological polar surface area (TPSA) is 91.2 Å². The first kappa shape index (κ1) is 18.7. The highest BCUT2D eigenvalue weighted by atomic mass is 32.1. The third-order valence-electron chi connectivity index (χ3n) is 4.42. The molecule has 0 radical (unpaired) electrons. The molecule has 26 heavy (non-hydrogen) atoms. The molecule has 3 rings (SSSR count). The van der Waals surface area contributed by atoms with E-state index in [1.54, 1.807) is 18.6 Å². The van der Waals surface area contributed by atoms with Gasteiger partial charge in [-0.3, -0.25) is 9.97 Å². The minimum Gasteiger partial charge on any atom is -0.393 e. The number of likely N-dealkylation sites (tertiary alicyclic amines) is 1. The van der Waals surface area contributed by atoms with Crippen molar-refractivity contribution in [3.63, 3.8) is 0 Å². The van der Waals surface area contributed by atoms with E-state index in [1.807, 2.05) is 10.3 Å². The Morgan fingerprint density at radius 3 is 3.08 bits per heavy atom. The molecular weight excluding hydrogens is 350 g/mol. The highest BCUT2D eigenvalue weighted by molar-refractivity contribution is 7.13. The van der Waals surface area contributed by atoms with E-state index in [9.17, 15) is 9.90 Å². The number of thiazole rings is 1. The first-order valence-corrected chi connectivity index (χ1v) is 9.72.